The number of piperidine rings is 1. The number of anilines is 3. The van der Waals surface area contributed by atoms with Gasteiger partial charge in [0.2, 0.25) is 0 Å². The lowest BCUT2D eigenvalue weighted by Gasteiger charge is -2.36. The lowest BCUT2D eigenvalue weighted by Crippen LogP contribution is -2.36. The molecule has 1 atom stereocenters. The number of halogens is 1. The third-order valence-electron chi connectivity index (χ3n) is 5.14. The Morgan fingerprint density at radius 2 is 2.04 bits per heavy atom. The number of hydrogen-bond donors (Lipinski definition) is 2. The van der Waals surface area contributed by atoms with E-state index in [4.69, 9.17) is 0 Å². The Morgan fingerprint density at radius 1 is 1.15 bits per heavy atom. The van der Waals surface area contributed by atoms with Gasteiger partial charge in [0.05, 0.1) is 11.4 Å². The van der Waals surface area contributed by atoms with Crippen LogP contribution in [0.25, 0.3) is 0 Å². The summed E-state index contributed by atoms with van der Waals surface area (Å²) in [6.45, 7) is 3.00. The van der Waals surface area contributed by atoms with Crippen molar-refractivity contribution in [1.29, 1.82) is 0 Å². The van der Waals surface area contributed by atoms with Gasteiger partial charge in [-0.2, -0.15) is 0 Å². The van der Waals surface area contributed by atoms with Gasteiger partial charge in [-0.15, -0.1) is 0 Å². The Kier molecular flexibility index (Phi) is 5.28. The molecule has 2 N–H and O–H groups in total. The lowest BCUT2D eigenvalue weighted by molar-refractivity contribution is 0.102. The van der Waals surface area contributed by atoms with E-state index in [1.54, 1.807) is 6.07 Å². The molecule has 0 spiro atoms. The SMILES string of the molecule is O=C1Nc2ccc(I)cc2N2CCCC(CCCNc3cccc1n3)C2. The molecule has 4 rings (SSSR count). The van der Waals surface area contributed by atoms with Gasteiger partial charge in [0.25, 0.3) is 5.91 Å². The summed E-state index contributed by atoms with van der Waals surface area (Å²) in [7, 11) is 0. The Bertz CT molecular complexity index is 810. The molecule has 2 aliphatic heterocycles. The molecular weight excluding hydrogens is 439 g/mol. The second-order valence-corrected chi connectivity index (χ2v) is 8.29. The van der Waals surface area contributed by atoms with E-state index >= 15 is 0 Å². The zero-order valence-electron chi connectivity index (χ0n) is 14.7. The number of nitrogens with one attached hydrogen (secondary N) is 2. The molecule has 3 heterocycles. The lowest BCUT2D eigenvalue weighted by atomic mass is 9.93. The maximum atomic E-state index is 12.7. The predicted molar refractivity (Wildman–Crippen MR) is 114 cm³/mol. The van der Waals surface area contributed by atoms with Crippen molar-refractivity contribution in [2.45, 2.75) is 25.7 Å². The van der Waals surface area contributed by atoms with Crippen molar-refractivity contribution in [2.24, 2.45) is 5.92 Å². The first-order valence-corrected chi connectivity index (χ1v) is 10.3. The van der Waals surface area contributed by atoms with Gasteiger partial charge in [-0.3, -0.25) is 4.79 Å². The monoisotopic (exact) mass is 462 g/mol. The van der Waals surface area contributed by atoms with Crippen LogP contribution in [0.15, 0.2) is 36.4 Å². The van der Waals surface area contributed by atoms with E-state index in [-0.39, 0.29) is 5.91 Å². The first-order chi connectivity index (χ1) is 12.7. The zero-order chi connectivity index (χ0) is 17.9. The molecule has 6 heteroatoms. The number of carbonyl (C=O) groups is 1. The molecule has 1 aromatic carbocycles. The molecule has 0 radical (unpaired) electrons. The third-order valence-corrected chi connectivity index (χ3v) is 5.82. The average molecular weight is 462 g/mol. The van der Waals surface area contributed by atoms with Crippen molar-refractivity contribution in [3.8, 4) is 0 Å². The van der Waals surface area contributed by atoms with Crippen LogP contribution in [0, 0.1) is 9.49 Å². The summed E-state index contributed by atoms with van der Waals surface area (Å²) in [5.74, 6) is 1.30. The van der Waals surface area contributed by atoms with E-state index in [0.29, 0.717) is 11.6 Å². The highest BCUT2D eigenvalue weighted by Gasteiger charge is 2.23. The van der Waals surface area contributed by atoms with Gasteiger partial charge in [-0.25, -0.2) is 4.98 Å². The Morgan fingerprint density at radius 3 is 2.96 bits per heavy atom. The number of amides is 1. The number of benzene rings is 1. The van der Waals surface area contributed by atoms with E-state index in [1.807, 2.05) is 24.3 Å². The zero-order valence-corrected chi connectivity index (χ0v) is 16.8. The van der Waals surface area contributed by atoms with E-state index in [2.05, 4.69) is 49.2 Å². The topological polar surface area (TPSA) is 57.3 Å². The van der Waals surface area contributed by atoms with Crippen LogP contribution in [0.3, 0.4) is 0 Å². The quantitative estimate of drug-likeness (QED) is 0.572. The van der Waals surface area contributed by atoms with Crippen LogP contribution in [0.2, 0.25) is 0 Å². The molecule has 2 aromatic rings. The van der Waals surface area contributed by atoms with Crippen LogP contribution in [0.5, 0.6) is 0 Å². The van der Waals surface area contributed by atoms with Gasteiger partial charge in [-0.05, 0) is 84.5 Å². The minimum Gasteiger partial charge on any atom is -0.370 e. The van der Waals surface area contributed by atoms with Crippen LogP contribution < -0.4 is 15.5 Å². The normalized spacial score (nSPS) is 20.4. The summed E-state index contributed by atoms with van der Waals surface area (Å²) in [6.07, 6.45) is 4.83. The molecule has 5 nitrogen and oxygen atoms in total. The van der Waals surface area contributed by atoms with Gasteiger partial charge in [-0.1, -0.05) is 6.07 Å². The number of aromatic nitrogens is 1. The standard InChI is InChI=1S/C20H23IN4O/c21-15-8-9-16-18(12-15)25-11-3-5-14(13-25)4-2-10-22-19-7-1-6-17(23-19)20(26)24-16/h1,6-9,12,14H,2-5,10-11,13H2,(H,22,23)(H,24,26). The van der Waals surface area contributed by atoms with Crippen molar-refractivity contribution in [3.63, 3.8) is 0 Å². The largest absolute Gasteiger partial charge is 0.370 e. The Hall–Kier alpha value is -1.83. The fourth-order valence-electron chi connectivity index (χ4n) is 3.84. The van der Waals surface area contributed by atoms with Gasteiger partial charge in [0.1, 0.15) is 11.5 Å². The minimum absolute atomic E-state index is 0.165. The Labute approximate surface area is 167 Å². The van der Waals surface area contributed by atoms with Crippen LogP contribution >= 0.6 is 22.6 Å². The maximum absolute atomic E-state index is 12.7. The molecule has 136 valence electrons. The fourth-order valence-corrected chi connectivity index (χ4v) is 4.32. The molecule has 1 amide bonds. The van der Waals surface area contributed by atoms with Gasteiger partial charge >= 0.3 is 0 Å². The molecule has 26 heavy (non-hydrogen) atoms. The highest BCUT2D eigenvalue weighted by atomic mass is 127. The van der Waals surface area contributed by atoms with Crippen LogP contribution in [-0.2, 0) is 0 Å². The number of fused-ring (bicyclic) bond motifs is 6. The van der Waals surface area contributed by atoms with Crippen molar-refractivity contribution in [1.82, 2.24) is 4.98 Å². The van der Waals surface area contributed by atoms with Crippen molar-refractivity contribution in [3.05, 3.63) is 45.7 Å². The van der Waals surface area contributed by atoms with Gasteiger partial charge in [0.15, 0.2) is 0 Å². The molecule has 4 bridgehead atoms. The Balaban J connectivity index is 1.71. The van der Waals surface area contributed by atoms with E-state index in [1.165, 1.54) is 22.8 Å². The highest BCUT2D eigenvalue weighted by molar-refractivity contribution is 14.1. The number of hydrogen-bond acceptors (Lipinski definition) is 4. The number of carbonyl (C=O) groups excluding carboxylic acids is 1. The van der Waals surface area contributed by atoms with Crippen LogP contribution in [0.1, 0.15) is 36.2 Å². The van der Waals surface area contributed by atoms with E-state index in [0.717, 1.165) is 43.2 Å². The number of nitrogens with zero attached hydrogens (tertiary/aromatic N) is 2. The fraction of sp³-hybridized carbons (Fsp3) is 0.400. The van der Waals surface area contributed by atoms with Crippen LogP contribution in [-0.4, -0.2) is 30.5 Å². The van der Waals surface area contributed by atoms with Crippen molar-refractivity contribution in [2.75, 3.05) is 35.2 Å². The van der Waals surface area contributed by atoms with Gasteiger partial charge < -0.3 is 15.5 Å². The molecule has 1 saturated heterocycles. The van der Waals surface area contributed by atoms with E-state index < -0.39 is 0 Å². The summed E-state index contributed by atoms with van der Waals surface area (Å²) < 4.78 is 1.18. The summed E-state index contributed by atoms with van der Waals surface area (Å²) in [5, 5.41) is 6.43. The second-order valence-electron chi connectivity index (χ2n) is 7.05. The predicted octanol–water partition coefficient (Wildman–Crippen LogP) is 4.36. The number of pyridine rings is 1. The summed E-state index contributed by atoms with van der Waals surface area (Å²) in [5.41, 5.74) is 2.43. The summed E-state index contributed by atoms with van der Waals surface area (Å²) in [6, 6.07) is 11.8. The van der Waals surface area contributed by atoms with Crippen molar-refractivity contribution < 1.29 is 4.79 Å². The highest BCUT2D eigenvalue weighted by Crippen LogP contribution is 2.33. The second kappa shape index (κ2) is 7.82. The molecule has 0 saturated carbocycles. The third kappa shape index (κ3) is 3.95. The summed E-state index contributed by atoms with van der Waals surface area (Å²) in [4.78, 5) is 19.7. The first-order valence-electron chi connectivity index (χ1n) is 9.26. The first kappa shape index (κ1) is 17.6. The molecule has 2 aliphatic rings. The number of rotatable bonds is 0. The van der Waals surface area contributed by atoms with Crippen LogP contribution in [0.4, 0.5) is 17.2 Å². The average Bonchev–Trinajstić information content (AvgIpc) is 2.66. The molecule has 1 aromatic heterocycles. The summed E-state index contributed by atoms with van der Waals surface area (Å²) >= 11 is 2.34. The molecule has 1 fully saturated rings. The van der Waals surface area contributed by atoms with Gasteiger partial charge in [0, 0.05) is 23.2 Å². The molecule has 0 aliphatic carbocycles. The molecule has 1 unspecified atom stereocenters. The molecular formula is C20H23IN4O. The van der Waals surface area contributed by atoms with Crippen molar-refractivity contribution >= 4 is 45.7 Å². The maximum Gasteiger partial charge on any atom is 0.274 e. The minimum atomic E-state index is -0.165. The smallest absolute Gasteiger partial charge is 0.274 e. The van der Waals surface area contributed by atoms with E-state index in [9.17, 15) is 4.79 Å².